The van der Waals surface area contributed by atoms with Gasteiger partial charge in [-0.25, -0.2) is 4.89 Å². The van der Waals surface area contributed by atoms with Crippen molar-refractivity contribution in [1.82, 2.24) is 0 Å². The van der Waals surface area contributed by atoms with Gasteiger partial charge >= 0.3 is 5.97 Å². The van der Waals surface area contributed by atoms with E-state index in [1.54, 1.807) is 7.11 Å². The zero-order chi connectivity index (χ0) is 18.4. The van der Waals surface area contributed by atoms with Crippen molar-refractivity contribution in [3.63, 3.8) is 0 Å². The molecule has 1 heterocycles. The van der Waals surface area contributed by atoms with E-state index in [0.29, 0.717) is 0 Å². The third kappa shape index (κ3) is 9.19. The van der Waals surface area contributed by atoms with Gasteiger partial charge in [-0.2, -0.15) is 4.89 Å². The highest BCUT2D eigenvalue weighted by atomic mass is 17.2. The lowest BCUT2D eigenvalue weighted by Crippen LogP contribution is -2.38. The first-order chi connectivity index (χ1) is 12.2. The van der Waals surface area contributed by atoms with Gasteiger partial charge in [0, 0.05) is 13.5 Å². The highest BCUT2D eigenvalue weighted by molar-refractivity contribution is 5.70. The summed E-state index contributed by atoms with van der Waals surface area (Å²) in [6.07, 6.45) is 18.3. The van der Waals surface area contributed by atoms with Gasteiger partial charge in [-0.15, -0.1) is 0 Å². The lowest BCUT2D eigenvalue weighted by atomic mass is 10.0. The summed E-state index contributed by atoms with van der Waals surface area (Å²) in [7, 11) is 2.97. The fraction of sp³-hybridized carbons (Fsp3) is 0.750. The van der Waals surface area contributed by atoms with Crippen LogP contribution < -0.4 is 0 Å². The molecular weight excluding hydrogens is 320 g/mol. The summed E-state index contributed by atoms with van der Waals surface area (Å²) >= 11 is 0. The van der Waals surface area contributed by atoms with Crippen LogP contribution in [0.15, 0.2) is 24.3 Å². The van der Waals surface area contributed by atoms with Crippen LogP contribution in [0.5, 0.6) is 0 Å². The van der Waals surface area contributed by atoms with E-state index in [-0.39, 0.29) is 12.4 Å². The van der Waals surface area contributed by atoms with Gasteiger partial charge in [-0.3, -0.25) is 4.79 Å². The van der Waals surface area contributed by atoms with E-state index in [1.165, 1.54) is 45.6 Å². The van der Waals surface area contributed by atoms with Crippen LogP contribution in [0.25, 0.3) is 0 Å². The molecule has 0 saturated carbocycles. The number of hydrogen-bond donors (Lipinski definition) is 0. The summed E-state index contributed by atoms with van der Waals surface area (Å²) in [5, 5.41) is 0. The second kappa shape index (κ2) is 13.1. The highest BCUT2D eigenvalue weighted by Crippen LogP contribution is 2.28. The Labute approximate surface area is 152 Å². The number of hydrogen-bond acceptors (Lipinski definition) is 5. The number of rotatable bonds is 13. The number of unbranched alkanes of at least 4 members (excludes halogenated alkanes) is 7. The smallest absolute Gasteiger partial charge is 0.308 e. The Balaban J connectivity index is 2.15. The van der Waals surface area contributed by atoms with Gasteiger partial charge in [0.15, 0.2) is 0 Å². The van der Waals surface area contributed by atoms with Crippen LogP contribution in [0.2, 0.25) is 0 Å². The van der Waals surface area contributed by atoms with Crippen LogP contribution in [-0.4, -0.2) is 32.1 Å². The van der Waals surface area contributed by atoms with Crippen LogP contribution >= 0.6 is 0 Å². The van der Waals surface area contributed by atoms with Gasteiger partial charge in [0.05, 0.1) is 13.5 Å². The van der Waals surface area contributed by atoms with Crippen molar-refractivity contribution in [3.05, 3.63) is 24.3 Å². The molecule has 1 aliphatic rings. The molecule has 5 nitrogen and oxygen atoms in total. The normalized spacial score (nSPS) is 23.2. The zero-order valence-electron chi connectivity index (χ0n) is 16.0. The lowest BCUT2D eigenvalue weighted by molar-refractivity contribution is -0.428. The summed E-state index contributed by atoms with van der Waals surface area (Å²) < 4.78 is 10.1. The van der Waals surface area contributed by atoms with Crippen molar-refractivity contribution in [2.75, 3.05) is 14.2 Å². The van der Waals surface area contributed by atoms with Gasteiger partial charge < -0.3 is 9.47 Å². The summed E-state index contributed by atoms with van der Waals surface area (Å²) in [4.78, 5) is 22.0. The molecule has 2 atom stereocenters. The van der Waals surface area contributed by atoms with Crippen molar-refractivity contribution >= 4 is 5.97 Å². The van der Waals surface area contributed by atoms with Gasteiger partial charge in [0.1, 0.15) is 6.10 Å². The van der Waals surface area contributed by atoms with E-state index in [9.17, 15) is 4.79 Å². The second-order valence-corrected chi connectivity index (χ2v) is 6.46. The average Bonchev–Trinajstić information content (AvgIpc) is 2.64. The predicted molar refractivity (Wildman–Crippen MR) is 97.8 cm³/mol. The van der Waals surface area contributed by atoms with Crippen LogP contribution in [0.4, 0.5) is 0 Å². The van der Waals surface area contributed by atoms with Crippen LogP contribution in [0.1, 0.15) is 71.1 Å². The topological polar surface area (TPSA) is 54.0 Å². The Bertz CT molecular complexity index is 418. The Hall–Kier alpha value is -1.17. The molecule has 0 aromatic carbocycles. The van der Waals surface area contributed by atoms with E-state index in [4.69, 9.17) is 14.5 Å². The molecule has 0 aliphatic carbocycles. The molecule has 0 aromatic rings. The zero-order valence-corrected chi connectivity index (χ0v) is 16.0. The SMILES string of the molecule is C/C=C/CCCCCCCCC[C@@]1(OC)C=C[C@H](CC(=O)OC)OO1. The van der Waals surface area contributed by atoms with Gasteiger partial charge in [-0.1, -0.05) is 50.3 Å². The quantitative estimate of drug-likeness (QED) is 0.204. The van der Waals surface area contributed by atoms with E-state index in [2.05, 4.69) is 23.8 Å². The minimum atomic E-state index is -0.834. The molecule has 1 rings (SSSR count). The lowest BCUT2D eigenvalue weighted by Gasteiger charge is -2.32. The first kappa shape index (κ1) is 21.9. The Morgan fingerprint density at radius 1 is 1.12 bits per heavy atom. The molecule has 0 spiro atoms. The molecule has 0 fully saturated rings. The molecule has 0 N–H and O–H groups in total. The minimum Gasteiger partial charge on any atom is -0.469 e. The van der Waals surface area contributed by atoms with Crippen LogP contribution in [0, 0.1) is 0 Å². The van der Waals surface area contributed by atoms with Crippen molar-refractivity contribution in [1.29, 1.82) is 0 Å². The van der Waals surface area contributed by atoms with Crippen molar-refractivity contribution in [2.45, 2.75) is 83.0 Å². The van der Waals surface area contributed by atoms with Crippen molar-refractivity contribution in [3.8, 4) is 0 Å². The average molecular weight is 354 g/mol. The highest BCUT2D eigenvalue weighted by Gasteiger charge is 2.34. The fourth-order valence-corrected chi connectivity index (χ4v) is 2.82. The Morgan fingerprint density at radius 3 is 2.36 bits per heavy atom. The standard InChI is InChI=1S/C20H34O5/c1-4-5-6-7-8-9-10-11-12-13-15-20(23-3)16-14-18(24-25-20)17-19(21)22-2/h4-5,14,16,18H,6-13,15,17H2,1-3H3/b5-4+/t18-,20+/m1/s1. The van der Waals surface area contributed by atoms with Gasteiger partial charge in [0.2, 0.25) is 5.79 Å². The summed E-state index contributed by atoms with van der Waals surface area (Å²) in [5.41, 5.74) is 0. The molecular formula is C20H34O5. The summed E-state index contributed by atoms with van der Waals surface area (Å²) in [6, 6.07) is 0. The molecule has 0 aromatic heterocycles. The number of esters is 1. The summed E-state index contributed by atoms with van der Waals surface area (Å²) in [5.74, 6) is -1.16. The van der Waals surface area contributed by atoms with Crippen LogP contribution in [0.3, 0.4) is 0 Å². The largest absolute Gasteiger partial charge is 0.469 e. The molecule has 0 unspecified atom stereocenters. The monoisotopic (exact) mass is 354 g/mol. The van der Waals surface area contributed by atoms with E-state index >= 15 is 0 Å². The number of carbonyl (C=O) groups excluding carboxylic acids is 1. The second-order valence-electron chi connectivity index (χ2n) is 6.46. The first-order valence-corrected chi connectivity index (χ1v) is 9.42. The third-order valence-corrected chi connectivity index (χ3v) is 4.45. The Kier molecular flexibility index (Phi) is 11.5. The minimum absolute atomic E-state index is 0.140. The fourth-order valence-electron chi connectivity index (χ4n) is 2.82. The molecule has 5 heteroatoms. The third-order valence-electron chi connectivity index (χ3n) is 4.45. The number of ether oxygens (including phenoxy) is 2. The molecule has 25 heavy (non-hydrogen) atoms. The molecule has 0 saturated heterocycles. The van der Waals surface area contributed by atoms with E-state index < -0.39 is 11.9 Å². The molecule has 0 amide bonds. The summed E-state index contributed by atoms with van der Waals surface area (Å²) in [6.45, 7) is 2.07. The maximum Gasteiger partial charge on any atom is 0.308 e. The van der Waals surface area contributed by atoms with Crippen molar-refractivity contribution in [2.24, 2.45) is 0 Å². The van der Waals surface area contributed by atoms with E-state index in [0.717, 1.165) is 19.3 Å². The molecule has 0 bridgehead atoms. The first-order valence-electron chi connectivity index (χ1n) is 9.42. The maximum absolute atomic E-state index is 11.3. The number of carbonyl (C=O) groups is 1. The number of allylic oxidation sites excluding steroid dienone is 2. The van der Waals surface area contributed by atoms with Crippen LogP contribution in [-0.2, 0) is 24.0 Å². The van der Waals surface area contributed by atoms with Gasteiger partial charge in [-0.05, 0) is 32.3 Å². The maximum atomic E-state index is 11.3. The molecule has 144 valence electrons. The molecule has 0 radical (unpaired) electrons. The van der Waals surface area contributed by atoms with Gasteiger partial charge in [0.25, 0.3) is 0 Å². The Morgan fingerprint density at radius 2 is 1.80 bits per heavy atom. The number of methoxy groups -OCH3 is 2. The predicted octanol–water partition coefficient (Wildman–Crippen LogP) is 4.87. The van der Waals surface area contributed by atoms with Crippen molar-refractivity contribution < 1.29 is 24.0 Å². The van der Waals surface area contributed by atoms with E-state index in [1.807, 2.05) is 12.2 Å². The molecule has 1 aliphatic heterocycles.